The quantitative estimate of drug-likeness (QED) is 0.126. The van der Waals surface area contributed by atoms with Crippen molar-refractivity contribution in [1.82, 2.24) is 9.97 Å². The molecule has 1 N–H and O–H groups in total. The maximum atomic E-state index is 12.6. The highest BCUT2D eigenvalue weighted by Crippen LogP contribution is 2.50. The third kappa shape index (κ3) is 4.32. The first kappa shape index (κ1) is 23.5. The van der Waals surface area contributed by atoms with Gasteiger partial charge >= 0.3 is 0 Å². The van der Waals surface area contributed by atoms with Crippen LogP contribution in [0.15, 0.2) is 114 Å². The summed E-state index contributed by atoms with van der Waals surface area (Å²) < 4.78 is 0. The Labute approximate surface area is 222 Å². The maximum Gasteiger partial charge on any atom is 0.166 e. The zero-order valence-electron chi connectivity index (χ0n) is 20.6. The molecule has 1 aliphatic carbocycles. The molecule has 5 aromatic rings. The number of fused-ring (bicyclic) bond motifs is 3. The first-order chi connectivity index (χ1) is 18.3. The number of unbranched alkanes of at least 4 members (excludes halogenated alkanes) is 1. The molecule has 37 heavy (non-hydrogen) atoms. The van der Waals surface area contributed by atoms with Gasteiger partial charge in [-0.25, -0.2) is 4.98 Å². The number of H-pyrrole nitrogens is 1. The molecule has 0 spiro atoms. The maximum absolute atomic E-state index is 12.6. The van der Waals surface area contributed by atoms with Crippen molar-refractivity contribution in [3.63, 3.8) is 0 Å². The average Bonchev–Trinajstić information content (AvgIpc) is 3.52. The second kappa shape index (κ2) is 10.2. The van der Waals surface area contributed by atoms with Gasteiger partial charge in [0.15, 0.2) is 5.16 Å². The molecule has 0 radical (unpaired) electrons. The highest BCUT2D eigenvalue weighted by Gasteiger charge is 2.42. The van der Waals surface area contributed by atoms with Crippen LogP contribution in [0.25, 0.3) is 33.6 Å². The van der Waals surface area contributed by atoms with Gasteiger partial charge in [-0.05, 0) is 35.1 Å². The SMILES string of the molecule is O=CC1(CCCCSc2nc(-c3ccccc3)c(-c3ccccc3)[nH]2)c2ccccc2-c2ccccc21. The highest BCUT2D eigenvalue weighted by molar-refractivity contribution is 7.99. The number of aromatic nitrogens is 2. The van der Waals surface area contributed by atoms with Crippen molar-refractivity contribution in [2.75, 3.05) is 5.75 Å². The van der Waals surface area contributed by atoms with E-state index in [0.29, 0.717) is 0 Å². The Kier molecular flexibility index (Phi) is 6.50. The van der Waals surface area contributed by atoms with Crippen LogP contribution in [0, 0.1) is 0 Å². The van der Waals surface area contributed by atoms with Crippen LogP contribution in [-0.4, -0.2) is 22.0 Å². The lowest BCUT2D eigenvalue weighted by Gasteiger charge is -2.25. The van der Waals surface area contributed by atoms with E-state index in [0.717, 1.165) is 63.8 Å². The number of nitrogens with zero attached hydrogens (tertiary/aromatic N) is 1. The molecule has 0 atom stereocenters. The number of thioether (sulfide) groups is 1. The third-order valence-corrected chi connectivity index (χ3v) is 8.26. The molecular formula is C33H28N2OS. The molecule has 0 bridgehead atoms. The van der Waals surface area contributed by atoms with Crippen molar-refractivity contribution in [3.8, 4) is 33.6 Å². The van der Waals surface area contributed by atoms with E-state index in [1.165, 1.54) is 17.4 Å². The van der Waals surface area contributed by atoms with E-state index in [9.17, 15) is 4.79 Å². The molecular weight excluding hydrogens is 472 g/mol. The van der Waals surface area contributed by atoms with Crippen LogP contribution in [0.2, 0.25) is 0 Å². The van der Waals surface area contributed by atoms with Crippen molar-refractivity contribution < 1.29 is 4.79 Å². The second-order valence-electron chi connectivity index (χ2n) is 9.48. The van der Waals surface area contributed by atoms with E-state index in [4.69, 9.17) is 4.98 Å². The number of rotatable bonds is 9. The number of benzene rings is 4. The second-order valence-corrected chi connectivity index (χ2v) is 10.6. The van der Waals surface area contributed by atoms with Gasteiger partial charge in [0.25, 0.3) is 0 Å². The fourth-order valence-corrected chi connectivity index (χ4v) is 6.40. The summed E-state index contributed by atoms with van der Waals surface area (Å²) >= 11 is 1.75. The van der Waals surface area contributed by atoms with Gasteiger partial charge in [0.1, 0.15) is 6.29 Å². The summed E-state index contributed by atoms with van der Waals surface area (Å²) in [4.78, 5) is 21.2. The Morgan fingerprint density at radius 2 is 1.27 bits per heavy atom. The van der Waals surface area contributed by atoms with Crippen LogP contribution in [0.5, 0.6) is 0 Å². The Morgan fingerprint density at radius 1 is 0.703 bits per heavy atom. The van der Waals surface area contributed by atoms with Gasteiger partial charge in [0.2, 0.25) is 0 Å². The lowest BCUT2D eigenvalue weighted by molar-refractivity contribution is -0.111. The van der Waals surface area contributed by atoms with Crippen LogP contribution in [-0.2, 0) is 10.2 Å². The number of carbonyl (C=O) groups excluding carboxylic acids is 1. The van der Waals surface area contributed by atoms with Gasteiger partial charge in [-0.2, -0.15) is 0 Å². The van der Waals surface area contributed by atoms with Crippen LogP contribution in [0.4, 0.5) is 0 Å². The van der Waals surface area contributed by atoms with Gasteiger partial charge in [0.05, 0.1) is 16.8 Å². The molecule has 182 valence electrons. The Hall–Kier alpha value is -3.89. The zero-order valence-corrected chi connectivity index (χ0v) is 21.4. The zero-order chi connectivity index (χ0) is 25.1. The van der Waals surface area contributed by atoms with Gasteiger partial charge in [-0.1, -0.05) is 127 Å². The van der Waals surface area contributed by atoms with Gasteiger partial charge in [-0.3, -0.25) is 0 Å². The molecule has 0 amide bonds. The van der Waals surface area contributed by atoms with Crippen molar-refractivity contribution in [1.29, 1.82) is 0 Å². The molecule has 3 nitrogen and oxygen atoms in total. The van der Waals surface area contributed by atoms with E-state index >= 15 is 0 Å². The van der Waals surface area contributed by atoms with E-state index in [1.807, 2.05) is 36.4 Å². The number of aldehydes is 1. The molecule has 0 saturated carbocycles. The first-order valence-electron chi connectivity index (χ1n) is 12.8. The normalized spacial score (nSPS) is 13.2. The summed E-state index contributed by atoms with van der Waals surface area (Å²) in [5, 5.41) is 0.930. The first-order valence-corrected chi connectivity index (χ1v) is 13.8. The molecule has 0 unspecified atom stereocenters. The minimum absolute atomic E-state index is 0.552. The molecule has 1 heterocycles. The smallest absolute Gasteiger partial charge is 0.166 e. The predicted molar refractivity (Wildman–Crippen MR) is 153 cm³/mol. The number of nitrogens with one attached hydrogen (secondary N) is 1. The molecule has 4 aromatic carbocycles. The molecule has 0 fully saturated rings. The summed E-state index contributed by atoms with van der Waals surface area (Å²) in [6.45, 7) is 0. The summed E-state index contributed by atoms with van der Waals surface area (Å²) in [7, 11) is 0. The van der Waals surface area contributed by atoms with Crippen LogP contribution in [0.3, 0.4) is 0 Å². The monoisotopic (exact) mass is 500 g/mol. The molecule has 4 heteroatoms. The van der Waals surface area contributed by atoms with E-state index in [2.05, 4.69) is 77.8 Å². The van der Waals surface area contributed by atoms with Gasteiger partial charge in [-0.15, -0.1) is 0 Å². The highest BCUT2D eigenvalue weighted by atomic mass is 32.2. The summed E-state index contributed by atoms with van der Waals surface area (Å²) in [6, 6.07) is 37.4. The lowest BCUT2D eigenvalue weighted by atomic mass is 9.75. The summed E-state index contributed by atoms with van der Waals surface area (Å²) in [6.07, 6.45) is 3.96. The fraction of sp³-hybridized carbons (Fsp3) is 0.152. The molecule has 6 rings (SSSR count). The molecule has 0 aliphatic heterocycles. The topological polar surface area (TPSA) is 45.8 Å². The minimum atomic E-state index is -0.552. The number of hydrogen-bond acceptors (Lipinski definition) is 3. The minimum Gasteiger partial charge on any atom is -0.332 e. The van der Waals surface area contributed by atoms with Crippen molar-refractivity contribution in [3.05, 3.63) is 120 Å². The molecule has 0 saturated heterocycles. The number of aromatic amines is 1. The Balaban J connectivity index is 1.17. The predicted octanol–water partition coefficient (Wildman–Crippen LogP) is 8.17. The molecule has 1 aromatic heterocycles. The average molecular weight is 501 g/mol. The number of imidazole rings is 1. The molecule has 1 aliphatic rings. The number of hydrogen-bond donors (Lipinski definition) is 1. The van der Waals surface area contributed by atoms with Crippen LogP contribution >= 0.6 is 11.8 Å². The summed E-state index contributed by atoms with van der Waals surface area (Å²) in [5.74, 6) is 0.939. The fourth-order valence-electron chi connectivity index (χ4n) is 5.53. The van der Waals surface area contributed by atoms with Crippen molar-refractivity contribution >= 4 is 18.0 Å². The van der Waals surface area contributed by atoms with E-state index < -0.39 is 5.41 Å². The van der Waals surface area contributed by atoms with Crippen LogP contribution < -0.4 is 0 Å². The van der Waals surface area contributed by atoms with Crippen molar-refractivity contribution in [2.45, 2.75) is 29.8 Å². The van der Waals surface area contributed by atoms with Gasteiger partial charge < -0.3 is 9.78 Å². The van der Waals surface area contributed by atoms with E-state index in [-0.39, 0.29) is 0 Å². The lowest BCUT2D eigenvalue weighted by Crippen LogP contribution is -2.27. The summed E-state index contributed by atoms with van der Waals surface area (Å²) in [5.41, 5.74) is 8.39. The van der Waals surface area contributed by atoms with E-state index in [1.54, 1.807) is 11.8 Å². The largest absolute Gasteiger partial charge is 0.332 e. The Bertz CT molecular complexity index is 1420. The Morgan fingerprint density at radius 3 is 1.89 bits per heavy atom. The third-order valence-electron chi connectivity index (χ3n) is 7.30. The van der Waals surface area contributed by atoms with Crippen LogP contribution in [0.1, 0.15) is 30.4 Å². The van der Waals surface area contributed by atoms with Crippen molar-refractivity contribution in [2.24, 2.45) is 0 Å². The van der Waals surface area contributed by atoms with Gasteiger partial charge in [0, 0.05) is 16.9 Å². The number of carbonyl (C=O) groups is 1. The standard InChI is InChI=1S/C33H28N2OS/c36-23-33(28-19-9-7-17-26(28)27-18-8-10-20-29(27)33)21-11-12-22-37-32-34-30(24-13-3-1-4-14-24)31(35-32)25-15-5-2-6-16-25/h1-10,13-20,23H,11-12,21-22H2,(H,34,35).